The lowest BCUT2D eigenvalue weighted by Gasteiger charge is -2.27. The average Bonchev–Trinajstić information content (AvgIpc) is 2.73. The molecule has 0 amide bonds. The summed E-state index contributed by atoms with van der Waals surface area (Å²) in [6, 6.07) is 33.1. The fourth-order valence-electron chi connectivity index (χ4n) is 3.53. The van der Waals surface area contributed by atoms with Crippen LogP contribution in [0.1, 0.15) is 12.8 Å². The molecule has 0 saturated heterocycles. The predicted molar refractivity (Wildman–Crippen MR) is 119 cm³/mol. The van der Waals surface area contributed by atoms with Crippen molar-refractivity contribution in [2.45, 2.75) is 12.8 Å². The molecule has 0 aliphatic rings. The fourth-order valence-corrected chi connectivity index (χ4v) is 7.87. The minimum atomic E-state index is -1.70. The van der Waals surface area contributed by atoms with Crippen molar-refractivity contribution >= 4 is 23.2 Å². The van der Waals surface area contributed by atoms with Crippen molar-refractivity contribution in [3.05, 3.63) is 116 Å². The van der Waals surface area contributed by atoms with Crippen LogP contribution in [-0.4, -0.2) is 6.16 Å². The highest BCUT2D eigenvalue weighted by molar-refractivity contribution is 7.95. The topological polar surface area (TPSA) is 0 Å². The molecule has 0 radical (unpaired) electrons. The van der Waals surface area contributed by atoms with Gasteiger partial charge in [-0.15, -0.1) is 0 Å². The lowest BCUT2D eigenvalue weighted by Crippen LogP contribution is -2.33. The summed E-state index contributed by atoms with van der Waals surface area (Å²) in [5.41, 5.74) is 1.12. The predicted octanol–water partition coefficient (Wildman–Crippen LogP) is 5.50. The average molecular weight is 357 g/mol. The highest BCUT2D eigenvalue weighted by Crippen LogP contribution is 2.56. The normalized spacial score (nSPS) is 11.1. The van der Waals surface area contributed by atoms with E-state index < -0.39 is 7.26 Å². The molecular weight excluding hydrogens is 331 g/mol. The first-order valence-electron chi connectivity index (χ1n) is 9.12. The van der Waals surface area contributed by atoms with Crippen LogP contribution in [0.3, 0.4) is 0 Å². The molecule has 0 nitrogen and oxygen atoms in total. The Labute approximate surface area is 158 Å². The number of benzene rings is 3. The van der Waals surface area contributed by atoms with E-state index in [4.69, 9.17) is 0 Å². The molecule has 1 heteroatoms. The number of hydrogen-bond acceptors (Lipinski definition) is 0. The molecule has 0 N–H and O–H groups in total. The van der Waals surface area contributed by atoms with Gasteiger partial charge in [0, 0.05) is 0 Å². The Morgan fingerprint density at radius 1 is 0.692 bits per heavy atom. The summed E-state index contributed by atoms with van der Waals surface area (Å²) >= 11 is 0. The van der Waals surface area contributed by atoms with E-state index in [9.17, 15) is 0 Å². The molecule has 26 heavy (non-hydrogen) atoms. The summed E-state index contributed by atoms with van der Waals surface area (Å²) in [6.07, 6.45) is 5.13. The minimum Gasteiger partial charge on any atom is -0.0988 e. The SMILES string of the molecule is C=CC(=C)CCC[P+](c1ccccc1)(c1ccccc1)c1ccccc1. The van der Waals surface area contributed by atoms with Gasteiger partial charge >= 0.3 is 0 Å². The van der Waals surface area contributed by atoms with Crippen LogP contribution in [0, 0.1) is 0 Å². The Hall–Kier alpha value is -2.43. The lowest BCUT2D eigenvalue weighted by atomic mass is 10.2. The summed E-state index contributed by atoms with van der Waals surface area (Å²) < 4.78 is 0. The smallest absolute Gasteiger partial charge is 0.0988 e. The summed E-state index contributed by atoms with van der Waals surface area (Å²) in [5, 5.41) is 4.34. The number of allylic oxidation sites excluding steroid dienone is 2. The molecule has 0 aromatic heterocycles. The first kappa shape index (κ1) is 18.4. The fraction of sp³-hybridized carbons (Fsp3) is 0.120. The third-order valence-electron chi connectivity index (χ3n) is 4.87. The molecule has 3 aromatic carbocycles. The quantitative estimate of drug-likeness (QED) is 0.369. The summed E-state index contributed by atoms with van der Waals surface area (Å²) in [5.74, 6) is 0. The molecule has 130 valence electrons. The van der Waals surface area contributed by atoms with E-state index in [2.05, 4.69) is 104 Å². The van der Waals surface area contributed by atoms with E-state index in [1.807, 2.05) is 6.08 Å². The molecule has 0 saturated carbocycles. The summed E-state index contributed by atoms with van der Waals surface area (Å²) in [7, 11) is -1.70. The van der Waals surface area contributed by atoms with Gasteiger partial charge in [-0.2, -0.15) is 0 Å². The Morgan fingerprint density at radius 2 is 1.08 bits per heavy atom. The van der Waals surface area contributed by atoms with Crippen molar-refractivity contribution in [2.75, 3.05) is 6.16 Å². The van der Waals surface area contributed by atoms with Gasteiger partial charge in [0.15, 0.2) is 0 Å². The molecule has 0 aliphatic heterocycles. The molecule has 0 heterocycles. The Balaban J connectivity index is 2.14. The molecule has 0 unspecified atom stereocenters. The zero-order valence-electron chi connectivity index (χ0n) is 15.2. The van der Waals surface area contributed by atoms with Crippen molar-refractivity contribution in [2.24, 2.45) is 0 Å². The van der Waals surface area contributed by atoms with E-state index >= 15 is 0 Å². The molecular formula is C25H26P+. The van der Waals surface area contributed by atoms with Crippen LogP contribution in [0.2, 0.25) is 0 Å². The van der Waals surface area contributed by atoms with Crippen LogP contribution in [0.4, 0.5) is 0 Å². The van der Waals surface area contributed by atoms with Crippen LogP contribution in [0.25, 0.3) is 0 Å². The summed E-state index contributed by atoms with van der Waals surface area (Å²) in [6.45, 7) is 7.96. The second kappa shape index (κ2) is 8.79. The third-order valence-corrected chi connectivity index (χ3v) is 9.40. The maximum absolute atomic E-state index is 4.11. The van der Waals surface area contributed by atoms with Gasteiger partial charge in [-0.3, -0.25) is 0 Å². The molecule has 0 spiro atoms. The molecule has 0 bridgehead atoms. The minimum absolute atomic E-state index is 0.998. The lowest BCUT2D eigenvalue weighted by molar-refractivity contribution is 0.937. The van der Waals surface area contributed by atoms with Gasteiger partial charge in [0.25, 0.3) is 0 Å². The highest BCUT2D eigenvalue weighted by atomic mass is 31.2. The van der Waals surface area contributed by atoms with Crippen molar-refractivity contribution in [1.29, 1.82) is 0 Å². The van der Waals surface area contributed by atoms with Crippen molar-refractivity contribution < 1.29 is 0 Å². The Bertz CT molecular complexity index is 738. The second-order valence-corrected chi connectivity index (χ2v) is 10.1. The van der Waals surface area contributed by atoms with Crippen molar-refractivity contribution in [3.63, 3.8) is 0 Å². The monoisotopic (exact) mass is 357 g/mol. The third kappa shape index (κ3) is 3.87. The highest BCUT2D eigenvalue weighted by Gasteiger charge is 2.44. The largest absolute Gasteiger partial charge is 0.112 e. The van der Waals surface area contributed by atoms with Crippen LogP contribution in [-0.2, 0) is 0 Å². The molecule has 0 atom stereocenters. The van der Waals surface area contributed by atoms with Crippen molar-refractivity contribution in [1.82, 2.24) is 0 Å². The molecule has 3 aromatic rings. The molecule has 0 fully saturated rings. The van der Waals surface area contributed by atoms with E-state index in [0.717, 1.165) is 24.6 Å². The van der Waals surface area contributed by atoms with Crippen molar-refractivity contribution in [3.8, 4) is 0 Å². The van der Waals surface area contributed by atoms with Crippen LogP contribution < -0.4 is 15.9 Å². The van der Waals surface area contributed by atoms with E-state index in [1.54, 1.807) is 0 Å². The van der Waals surface area contributed by atoms with E-state index in [0.29, 0.717) is 0 Å². The Kier molecular flexibility index (Phi) is 6.21. The number of hydrogen-bond donors (Lipinski definition) is 0. The van der Waals surface area contributed by atoms with E-state index in [-0.39, 0.29) is 0 Å². The zero-order valence-corrected chi connectivity index (χ0v) is 16.1. The van der Waals surface area contributed by atoms with Gasteiger partial charge in [0.05, 0.1) is 6.16 Å². The zero-order chi connectivity index (χ0) is 18.2. The van der Waals surface area contributed by atoms with Gasteiger partial charge in [0.1, 0.15) is 23.2 Å². The van der Waals surface area contributed by atoms with E-state index in [1.165, 1.54) is 15.9 Å². The van der Waals surface area contributed by atoms with Gasteiger partial charge in [0.2, 0.25) is 0 Å². The van der Waals surface area contributed by atoms with Crippen LogP contribution in [0.15, 0.2) is 116 Å². The maximum atomic E-state index is 4.11. The standard InChI is InChI=1S/C25H26P/c1-3-22(2)14-13-21-26(23-15-7-4-8-16-23,24-17-9-5-10-18-24)25-19-11-6-12-20-25/h3-12,15-20H,1-2,13-14,21H2/q+1. The molecule has 0 aliphatic carbocycles. The maximum Gasteiger partial charge on any atom is 0.112 e. The van der Waals surface area contributed by atoms with Crippen LogP contribution >= 0.6 is 7.26 Å². The van der Waals surface area contributed by atoms with Gasteiger partial charge < -0.3 is 0 Å². The summed E-state index contributed by atoms with van der Waals surface area (Å²) in [4.78, 5) is 0. The first-order chi connectivity index (χ1) is 12.8. The van der Waals surface area contributed by atoms with Gasteiger partial charge in [-0.05, 0) is 49.2 Å². The molecule has 3 rings (SSSR count). The second-order valence-electron chi connectivity index (χ2n) is 6.51. The first-order valence-corrected chi connectivity index (χ1v) is 11.1. The van der Waals surface area contributed by atoms with Gasteiger partial charge in [-0.25, -0.2) is 0 Å². The number of rotatable bonds is 8. The Morgan fingerprint density at radius 3 is 1.42 bits per heavy atom. The van der Waals surface area contributed by atoms with Gasteiger partial charge in [-0.1, -0.05) is 79.4 Å². The van der Waals surface area contributed by atoms with Crippen LogP contribution in [0.5, 0.6) is 0 Å².